The van der Waals surface area contributed by atoms with Gasteiger partial charge >= 0.3 is 0 Å². The van der Waals surface area contributed by atoms with Gasteiger partial charge < -0.3 is 14.6 Å². The summed E-state index contributed by atoms with van der Waals surface area (Å²) in [5.74, 6) is 0.898. The molecule has 0 aliphatic rings. The van der Waals surface area contributed by atoms with Crippen molar-refractivity contribution in [3.8, 4) is 5.75 Å². The fourth-order valence-electron chi connectivity index (χ4n) is 2.58. The zero-order valence-corrected chi connectivity index (χ0v) is 18.6. The second-order valence-electron chi connectivity index (χ2n) is 6.15. The van der Waals surface area contributed by atoms with E-state index < -0.39 is 4.92 Å². The van der Waals surface area contributed by atoms with Crippen LogP contribution in [0.4, 0.5) is 11.4 Å². The van der Waals surface area contributed by atoms with E-state index in [-0.39, 0.29) is 24.0 Å². The summed E-state index contributed by atoms with van der Waals surface area (Å²) in [6.45, 7) is 2.67. The lowest BCUT2D eigenvalue weighted by Crippen LogP contribution is -2.15. The lowest BCUT2D eigenvalue weighted by molar-refractivity contribution is -0.384. The van der Waals surface area contributed by atoms with Crippen LogP contribution in [0.2, 0.25) is 10.0 Å². The molecule has 0 saturated heterocycles. The fourth-order valence-corrected chi connectivity index (χ4v) is 3.86. The highest BCUT2D eigenvalue weighted by Crippen LogP contribution is 2.28. The van der Waals surface area contributed by atoms with Gasteiger partial charge in [0.25, 0.3) is 5.69 Å². The monoisotopic (exact) mass is 481 g/mol. The van der Waals surface area contributed by atoms with E-state index in [2.05, 4.69) is 15.5 Å². The topological polar surface area (TPSA) is 112 Å². The highest BCUT2D eigenvalue weighted by molar-refractivity contribution is 7.99. The van der Waals surface area contributed by atoms with Crippen LogP contribution in [0.25, 0.3) is 0 Å². The standard InChI is InChI=1S/C19H17Cl2N5O4S/c1-2-25-17(10-30-16-8-3-12(20)9-15(16)21)23-24-19(25)31-11-18(27)22-13-4-6-14(7-5-13)26(28)29/h3-9H,2,10-11H2,1H3,(H,22,27). The van der Waals surface area contributed by atoms with Gasteiger partial charge in [-0.3, -0.25) is 14.9 Å². The minimum Gasteiger partial charge on any atom is -0.484 e. The maximum Gasteiger partial charge on any atom is 0.269 e. The van der Waals surface area contributed by atoms with Crippen LogP contribution in [0, 0.1) is 10.1 Å². The van der Waals surface area contributed by atoms with Gasteiger partial charge in [0, 0.05) is 29.4 Å². The maximum absolute atomic E-state index is 12.2. The number of non-ortho nitro benzene ring substituents is 1. The van der Waals surface area contributed by atoms with Crippen molar-refractivity contribution in [2.24, 2.45) is 0 Å². The lowest BCUT2D eigenvalue weighted by Gasteiger charge is -2.10. The van der Waals surface area contributed by atoms with Crippen LogP contribution >= 0.6 is 35.0 Å². The van der Waals surface area contributed by atoms with Crippen LogP contribution in [0.5, 0.6) is 5.75 Å². The summed E-state index contributed by atoms with van der Waals surface area (Å²) in [5.41, 5.74) is 0.431. The Balaban J connectivity index is 1.57. The molecule has 0 bridgehead atoms. The molecule has 31 heavy (non-hydrogen) atoms. The van der Waals surface area contributed by atoms with Gasteiger partial charge in [-0.1, -0.05) is 35.0 Å². The Hall–Kier alpha value is -2.82. The van der Waals surface area contributed by atoms with Gasteiger partial charge in [-0.2, -0.15) is 0 Å². The highest BCUT2D eigenvalue weighted by Gasteiger charge is 2.15. The molecule has 1 N–H and O–H groups in total. The zero-order valence-electron chi connectivity index (χ0n) is 16.2. The second-order valence-corrected chi connectivity index (χ2v) is 7.93. The molecule has 0 aliphatic heterocycles. The van der Waals surface area contributed by atoms with Crippen LogP contribution in [-0.2, 0) is 17.9 Å². The van der Waals surface area contributed by atoms with Crippen molar-refractivity contribution >= 4 is 52.2 Å². The molecule has 1 heterocycles. The highest BCUT2D eigenvalue weighted by atomic mass is 35.5. The molecule has 0 radical (unpaired) electrons. The number of nitro groups is 1. The summed E-state index contributed by atoms with van der Waals surface area (Å²) in [6.07, 6.45) is 0. The molecular weight excluding hydrogens is 465 g/mol. The average molecular weight is 482 g/mol. The van der Waals surface area contributed by atoms with Gasteiger partial charge in [0.2, 0.25) is 5.91 Å². The van der Waals surface area contributed by atoms with Crippen molar-refractivity contribution in [1.82, 2.24) is 14.8 Å². The number of carbonyl (C=O) groups is 1. The Bertz CT molecular complexity index is 1090. The molecule has 1 aromatic heterocycles. The Kier molecular flexibility index (Phi) is 7.72. The minimum absolute atomic E-state index is 0.0435. The molecule has 162 valence electrons. The number of amides is 1. The third kappa shape index (κ3) is 6.09. The van der Waals surface area contributed by atoms with E-state index in [4.69, 9.17) is 27.9 Å². The maximum atomic E-state index is 12.2. The first kappa shape index (κ1) is 22.9. The van der Waals surface area contributed by atoms with Crippen molar-refractivity contribution in [2.75, 3.05) is 11.1 Å². The summed E-state index contributed by atoms with van der Waals surface area (Å²) >= 11 is 13.2. The number of halogens is 2. The van der Waals surface area contributed by atoms with Crippen LogP contribution in [0.15, 0.2) is 47.6 Å². The number of carbonyl (C=O) groups excluding carboxylic acids is 1. The van der Waals surface area contributed by atoms with Crippen LogP contribution < -0.4 is 10.1 Å². The molecule has 2 aromatic carbocycles. The first-order valence-electron chi connectivity index (χ1n) is 9.04. The molecule has 0 unspecified atom stereocenters. The molecule has 0 spiro atoms. The number of hydrogen-bond acceptors (Lipinski definition) is 7. The molecule has 0 aliphatic carbocycles. The van der Waals surface area contributed by atoms with E-state index in [1.54, 1.807) is 18.2 Å². The van der Waals surface area contributed by atoms with Crippen molar-refractivity contribution in [3.63, 3.8) is 0 Å². The second kappa shape index (κ2) is 10.5. The Morgan fingerprint density at radius 3 is 2.61 bits per heavy atom. The SMILES string of the molecule is CCn1c(COc2ccc(Cl)cc2Cl)nnc1SCC(=O)Nc1ccc([N+](=O)[O-])cc1. The summed E-state index contributed by atoms with van der Waals surface area (Å²) in [5, 5.41) is 23.1. The van der Waals surface area contributed by atoms with Gasteiger partial charge in [-0.05, 0) is 37.3 Å². The van der Waals surface area contributed by atoms with Gasteiger partial charge in [0.1, 0.15) is 12.4 Å². The number of rotatable bonds is 9. The van der Waals surface area contributed by atoms with Crippen molar-refractivity contribution < 1.29 is 14.5 Å². The van der Waals surface area contributed by atoms with Crippen LogP contribution in [0.3, 0.4) is 0 Å². The van der Waals surface area contributed by atoms with Gasteiger partial charge in [0.15, 0.2) is 11.0 Å². The number of hydrogen-bond donors (Lipinski definition) is 1. The summed E-state index contributed by atoms with van der Waals surface area (Å²) < 4.78 is 7.56. The molecule has 0 fully saturated rings. The number of nitrogens with one attached hydrogen (secondary N) is 1. The number of anilines is 1. The van der Waals surface area contributed by atoms with E-state index in [0.717, 1.165) is 0 Å². The predicted octanol–water partition coefficient (Wildman–Crippen LogP) is 4.82. The number of ether oxygens (including phenoxy) is 1. The fraction of sp³-hybridized carbons (Fsp3) is 0.211. The van der Waals surface area contributed by atoms with Gasteiger partial charge in [-0.25, -0.2) is 0 Å². The van der Waals surface area contributed by atoms with Gasteiger partial charge in [0.05, 0.1) is 15.7 Å². The third-order valence-corrected chi connectivity index (χ3v) is 5.55. The summed E-state index contributed by atoms with van der Waals surface area (Å²) in [7, 11) is 0. The van der Waals surface area contributed by atoms with Crippen LogP contribution in [-0.4, -0.2) is 31.3 Å². The first-order chi connectivity index (χ1) is 14.9. The Labute approximate surface area is 191 Å². The molecule has 1 amide bonds. The van der Waals surface area contributed by atoms with Gasteiger partial charge in [-0.15, -0.1) is 10.2 Å². The number of nitro benzene ring substituents is 1. The van der Waals surface area contributed by atoms with E-state index in [1.165, 1.54) is 36.0 Å². The molecule has 9 nitrogen and oxygen atoms in total. The Morgan fingerprint density at radius 1 is 1.23 bits per heavy atom. The quantitative estimate of drug-likeness (QED) is 0.264. The lowest BCUT2D eigenvalue weighted by atomic mass is 10.3. The third-order valence-electron chi connectivity index (χ3n) is 4.05. The number of benzene rings is 2. The molecule has 0 atom stereocenters. The largest absolute Gasteiger partial charge is 0.484 e. The van der Waals surface area contributed by atoms with E-state index in [0.29, 0.717) is 39.0 Å². The smallest absolute Gasteiger partial charge is 0.269 e. The normalized spacial score (nSPS) is 10.7. The predicted molar refractivity (Wildman–Crippen MR) is 119 cm³/mol. The zero-order chi connectivity index (χ0) is 22.4. The minimum atomic E-state index is -0.499. The average Bonchev–Trinajstić information content (AvgIpc) is 3.14. The van der Waals surface area contributed by atoms with Crippen molar-refractivity contribution in [2.45, 2.75) is 25.2 Å². The van der Waals surface area contributed by atoms with Crippen LogP contribution in [0.1, 0.15) is 12.7 Å². The Morgan fingerprint density at radius 2 is 1.97 bits per heavy atom. The molecule has 12 heteroatoms. The summed E-state index contributed by atoms with van der Waals surface area (Å²) in [6, 6.07) is 10.6. The van der Waals surface area contributed by atoms with Crippen molar-refractivity contribution in [1.29, 1.82) is 0 Å². The summed E-state index contributed by atoms with van der Waals surface area (Å²) in [4.78, 5) is 22.4. The van der Waals surface area contributed by atoms with E-state index in [1.807, 2.05) is 11.5 Å². The van der Waals surface area contributed by atoms with E-state index >= 15 is 0 Å². The molecular formula is C19H17Cl2N5O4S. The number of aromatic nitrogens is 3. The number of nitrogens with zero attached hydrogens (tertiary/aromatic N) is 4. The molecule has 0 saturated carbocycles. The number of thioether (sulfide) groups is 1. The van der Waals surface area contributed by atoms with E-state index in [9.17, 15) is 14.9 Å². The first-order valence-corrected chi connectivity index (χ1v) is 10.8. The van der Waals surface area contributed by atoms with Crippen molar-refractivity contribution in [3.05, 3.63) is 68.4 Å². The molecule has 3 aromatic rings. The molecule has 3 rings (SSSR count).